The van der Waals surface area contributed by atoms with Crippen molar-refractivity contribution in [3.8, 4) is 0 Å². The molecular weight excluding hydrogens is 182 g/mol. The Morgan fingerprint density at radius 2 is 2.00 bits per heavy atom. The number of allylic oxidation sites excluding steroid dienone is 3. The Hall–Kier alpha value is -1.76. The van der Waals surface area contributed by atoms with Gasteiger partial charge in [-0.1, -0.05) is 36.4 Å². The first-order valence-electron chi connectivity index (χ1n) is 5.27. The highest BCUT2D eigenvalue weighted by Crippen LogP contribution is 2.28. The summed E-state index contributed by atoms with van der Waals surface area (Å²) in [6, 6.07) is 8.60. The van der Waals surface area contributed by atoms with Crippen molar-refractivity contribution in [2.45, 2.75) is 6.42 Å². The largest absolute Gasteiger partial charge is 0.344 e. The topological polar surface area (TPSA) is 4.93 Å². The van der Waals surface area contributed by atoms with Crippen LogP contribution < -0.4 is 0 Å². The first-order chi connectivity index (χ1) is 7.38. The maximum absolute atomic E-state index is 2.27. The summed E-state index contributed by atoms with van der Waals surface area (Å²) in [5, 5.41) is 1.38. The highest BCUT2D eigenvalue weighted by atomic mass is 14.9. The molecule has 0 radical (unpaired) electrons. The van der Waals surface area contributed by atoms with E-state index in [0.717, 1.165) is 6.42 Å². The summed E-state index contributed by atoms with van der Waals surface area (Å²) < 4.78 is 2.27. The predicted molar refractivity (Wildman–Crippen MR) is 64.8 cm³/mol. The first kappa shape index (κ1) is 8.54. The van der Waals surface area contributed by atoms with Gasteiger partial charge in [0, 0.05) is 23.6 Å². The van der Waals surface area contributed by atoms with Gasteiger partial charge in [-0.25, -0.2) is 0 Å². The summed E-state index contributed by atoms with van der Waals surface area (Å²) in [6.07, 6.45) is 9.68. The van der Waals surface area contributed by atoms with E-state index in [1.165, 1.54) is 22.2 Å². The lowest BCUT2D eigenvalue weighted by Crippen LogP contribution is -1.91. The second-order valence-electron chi connectivity index (χ2n) is 3.93. The monoisotopic (exact) mass is 195 g/mol. The van der Waals surface area contributed by atoms with Crippen molar-refractivity contribution in [3.05, 3.63) is 53.8 Å². The van der Waals surface area contributed by atoms with Gasteiger partial charge in [0.25, 0.3) is 0 Å². The Kier molecular flexibility index (Phi) is 1.78. The van der Waals surface area contributed by atoms with Crippen molar-refractivity contribution in [2.75, 3.05) is 0 Å². The maximum atomic E-state index is 2.27. The number of benzene rings is 1. The molecule has 0 N–H and O–H groups in total. The van der Waals surface area contributed by atoms with Crippen LogP contribution in [0.15, 0.2) is 42.5 Å². The lowest BCUT2D eigenvalue weighted by Gasteiger charge is -1.99. The molecule has 0 bridgehead atoms. The fourth-order valence-corrected chi connectivity index (χ4v) is 2.33. The second-order valence-corrected chi connectivity index (χ2v) is 3.93. The average molecular weight is 195 g/mol. The summed E-state index contributed by atoms with van der Waals surface area (Å²) in [5.41, 5.74) is 4.10. The van der Waals surface area contributed by atoms with Crippen molar-refractivity contribution >= 4 is 17.0 Å². The molecule has 0 amide bonds. The third kappa shape index (κ3) is 1.16. The van der Waals surface area contributed by atoms with Crippen LogP contribution >= 0.6 is 0 Å². The van der Waals surface area contributed by atoms with Crippen molar-refractivity contribution in [3.63, 3.8) is 0 Å². The van der Waals surface area contributed by atoms with Crippen LogP contribution in [0.2, 0.25) is 0 Å². The summed E-state index contributed by atoms with van der Waals surface area (Å²) in [5.74, 6) is 0. The number of rotatable bonds is 0. The number of aryl methyl sites for hydroxylation is 1. The second kappa shape index (κ2) is 3.13. The zero-order valence-electron chi connectivity index (χ0n) is 8.77. The number of aromatic nitrogens is 1. The van der Waals surface area contributed by atoms with Crippen LogP contribution in [0.5, 0.6) is 0 Å². The molecule has 74 valence electrons. The molecule has 2 aromatic rings. The third-order valence-electron chi connectivity index (χ3n) is 3.08. The summed E-state index contributed by atoms with van der Waals surface area (Å²) in [4.78, 5) is 0. The number of para-hydroxylation sites is 1. The molecule has 0 aliphatic heterocycles. The smallest absolute Gasteiger partial charge is 0.0485 e. The molecule has 0 spiro atoms. The molecule has 15 heavy (non-hydrogen) atoms. The SMILES string of the molecule is Cn1c2c(c3ccccc31)CC=CC=C2. The Bertz CT molecular complexity index is 570. The molecule has 0 unspecified atom stereocenters. The van der Waals surface area contributed by atoms with Crippen LogP contribution in [-0.2, 0) is 13.5 Å². The van der Waals surface area contributed by atoms with Crippen LogP contribution in [0.4, 0.5) is 0 Å². The fourth-order valence-electron chi connectivity index (χ4n) is 2.33. The number of hydrogen-bond donors (Lipinski definition) is 0. The Balaban J connectivity index is 2.44. The van der Waals surface area contributed by atoms with Gasteiger partial charge in [0.05, 0.1) is 0 Å². The normalized spacial score (nSPS) is 14.2. The van der Waals surface area contributed by atoms with E-state index in [1.54, 1.807) is 0 Å². The molecule has 0 fully saturated rings. The summed E-state index contributed by atoms with van der Waals surface area (Å²) in [6.45, 7) is 0. The van der Waals surface area contributed by atoms with Crippen molar-refractivity contribution in [1.29, 1.82) is 0 Å². The zero-order valence-corrected chi connectivity index (χ0v) is 8.77. The van der Waals surface area contributed by atoms with Gasteiger partial charge >= 0.3 is 0 Å². The van der Waals surface area contributed by atoms with E-state index in [1.807, 2.05) is 0 Å². The third-order valence-corrected chi connectivity index (χ3v) is 3.08. The molecule has 1 aromatic carbocycles. The molecule has 0 atom stereocenters. The Morgan fingerprint density at radius 3 is 2.93 bits per heavy atom. The van der Waals surface area contributed by atoms with Gasteiger partial charge in [-0.05, 0) is 24.1 Å². The molecule has 1 aromatic heterocycles. The van der Waals surface area contributed by atoms with Gasteiger partial charge in [-0.3, -0.25) is 0 Å². The number of nitrogens with zero attached hydrogens (tertiary/aromatic N) is 1. The van der Waals surface area contributed by atoms with Gasteiger partial charge in [0.15, 0.2) is 0 Å². The van der Waals surface area contributed by atoms with Crippen LogP contribution in [0, 0.1) is 0 Å². The standard InChI is InChI=1S/C14H13N/c1-15-13-9-4-2-3-7-11(13)12-8-5-6-10-14(12)15/h2-6,8-10H,7H2,1H3. The molecule has 0 saturated heterocycles. The van der Waals surface area contributed by atoms with Gasteiger partial charge in [-0.15, -0.1) is 0 Å². The molecule has 1 heteroatoms. The maximum Gasteiger partial charge on any atom is 0.0485 e. The lowest BCUT2D eigenvalue weighted by molar-refractivity contribution is 0.945. The van der Waals surface area contributed by atoms with Gasteiger partial charge < -0.3 is 4.57 Å². The summed E-state index contributed by atoms with van der Waals surface area (Å²) in [7, 11) is 2.14. The average Bonchev–Trinajstić information content (AvgIpc) is 2.48. The minimum atomic E-state index is 1.03. The van der Waals surface area contributed by atoms with E-state index in [0.29, 0.717) is 0 Å². The van der Waals surface area contributed by atoms with Gasteiger partial charge in [-0.2, -0.15) is 0 Å². The molecular formula is C14H13N. The van der Waals surface area contributed by atoms with E-state index in [9.17, 15) is 0 Å². The molecule has 1 aliphatic carbocycles. The highest BCUT2D eigenvalue weighted by Gasteiger charge is 2.11. The minimum absolute atomic E-state index is 1.03. The molecule has 1 aliphatic rings. The van der Waals surface area contributed by atoms with E-state index >= 15 is 0 Å². The van der Waals surface area contributed by atoms with Gasteiger partial charge in [0.1, 0.15) is 0 Å². The zero-order chi connectivity index (χ0) is 10.3. The Labute approximate surface area is 89.3 Å². The Morgan fingerprint density at radius 1 is 1.13 bits per heavy atom. The summed E-state index contributed by atoms with van der Waals surface area (Å²) >= 11 is 0. The van der Waals surface area contributed by atoms with E-state index in [2.05, 4.69) is 60.2 Å². The first-order valence-corrected chi connectivity index (χ1v) is 5.27. The van der Waals surface area contributed by atoms with Crippen molar-refractivity contribution in [2.24, 2.45) is 7.05 Å². The molecule has 3 rings (SSSR count). The fraction of sp³-hybridized carbons (Fsp3) is 0.143. The quantitative estimate of drug-likeness (QED) is 0.607. The predicted octanol–water partition coefficient (Wildman–Crippen LogP) is 3.30. The van der Waals surface area contributed by atoms with Crippen LogP contribution in [-0.4, -0.2) is 4.57 Å². The number of fused-ring (bicyclic) bond motifs is 3. The van der Waals surface area contributed by atoms with Crippen LogP contribution in [0.3, 0.4) is 0 Å². The van der Waals surface area contributed by atoms with Crippen molar-refractivity contribution < 1.29 is 0 Å². The highest BCUT2D eigenvalue weighted by molar-refractivity contribution is 5.88. The van der Waals surface area contributed by atoms with Gasteiger partial charge in [0.2, 0.25) is 0 Å². The number of hydrogen-bond acceptors (Lipinski definition) is 0. The minimum Gasteiger partial charge on any atom is -0.344 e. The molecule has 0 saturated carbocycles. The van der Waals surface area contributed by atoms with E-state index < -0.39 is 0 Å². The van der Waals surface area contributed by atoms with Crippen LogP contribution in [0.25, 0.3) is 17.0 Å². The van der Waals surface area contributed by atoms with E-state index in [4.69, 9.17) is 0 Å². The lowest BCUT2D eigenvalue weighted by atomic mass is 10.1. The molecule has 1 nitrogen and oxygen atoms in total. The molecule has 1 heterocycles. The van der Waals surface area contributed by atoms with Crippen molar-refractivity contribution in [1.82, 2.24) is 4.57 Å². The van der Waals surface area contributed by atoms with Crippen LogP contribution in [0.1, 0.15) is 11.3 Å². The van der Waals surface area contributed by atoms with E-state index in [-0.39, 0.29) is 0 Å².